The van der Waals surface area contributed by atoms with Crippen molar-refractivity contribution in [2.75, 3.05) is 0 Å². The third-order valence-corrected chi connectivity index (χ3v) is 6.89. The molecule has 0 saturated carbocycles. The Morgan fingerprint density at radius 1 is 0.553 bits per heavy atom. The molecule has 0 N–H and O–H groups in total. The highest BCUT2D eigenvalue weighted by atomic mass is 16.1. The second kappa shape index (κ2) is 17.9. The molecule has 0 bridgehead atoms. The minimum atomic E-state index is 0.0481. The summed E-state index contributed by atoms with van der Waals surface area (Å²) in [4.78, 5) is 13.6. The molecule has 0 aliphatic rings. The zero-order valence-electron chi connectivity index (χ0n) is 23.2. The van der Waals surface area contributed by atoms with Crippen LogP contribution in [0.3, 0.4) is 0 Å². The first-order chi connectivity index (χ1) is 18.8. The zero-order valence-corrected chi connectivity index (χ0v) is 23.2. The smallest absolute Gasteiger partial charge is 0.186 e. The van der Waals surface area contributed by atoms with Crippen LogP contribution in [0.2, 0.25) is 0 Å². The van der Waals surface area contributed by atoms with Crippen LogP contribution in [-0.4, -0.2) is 5.78 Å². The van der Waals surface area contributed by atoms with Gasteiger partial charge in [-0.1, -0.05) is 168 Å². The van der Waals surface area contributed by atoms with Gasteiger partial charge in [0.15, 0.2) is 5.78 Å². The van der Waals surface area contributed by atoms with Crippen LogP contribution in [0.15, 0.2) is 108 Å². The molecule has 0 aromatic heterocycles. The van der Waals surface area contributed by atoms with Crippen LogP contribution in [0.4, 0.5) is 0 Å². The molecule has 198 valence electrons. The summed E-state index contributed by atoms with van der Waals surface area (Å²) in [7, 11) is 0. The molecule has 3 rings (SSSR count). The predicted octanol–water partition coefficient (Wildman–Crippen LogP) is 10.7. The Bertz CT molecular complexity index is 1140. The highest BCUT2D eigenvalue weighted by Crippen LogP contribution is 2.26. The first kappa shape index (κ1) is 29.1. The number of hydrogen-bond acceptors (Lipinski definition) is 1. The van der Waals surface area contributed by atoms with E-state index in [1.807, 2.05) is 60.7 Å². The SMILES string of the molecule is CCCCCCCCCCCCC(=Cc1ccccc1)C(=Cc1ccccc1)C(=O)C=Cc1ccccc1. The Balaban J connectivity index is 1.74. The highest BCUT2D eigenvalue weighted by molar-refractivity contribution is 6.13. The van der Waals surface area contributed by atoms with Crippen molar-refractivity contribution in [3.05, 3.63) is 125 Å². The largest absolute Gasteiger partial charge is 0.289 e. The van der Waals surface area contributed by atoms with E-state index in [2.05, 4.69) is 55.5 Å². The Labute approximate surface area is 231 Å². The van der Waals surface area contributed by atoms with Gasteiger partial charge in [0.2, 0.25) is 0 Å². The molecule has 0 aliphatic carbocycles. The Morgan fingerprint density at radius 3 is 1.53 bits per heavy atom. The normalized spacial score (nSPS) is 12.2. The summed E-state index contributed by atoms with van der Waals surface area (Å²) in [6, 6.07) is 30.6. The van der Waals surface area contributed by atoms with Gasteiger partial charge in [-0.25, -0.2) is 0 Å². The van der Waals surface area contributed by atoms with Gasteiger partial charge in [-0.3, -0.25) is 4.79 Å². The highest BCUT2D eigenvalue weighted by Gasteiger charge is 2.13. The number of rotatable bonds is 17. The van der Waals surface area contributed by atoms with Gasteiger partial charge in [0.25, 0.3) is 0 Å². The van der Waals surface area contributed by atoms with E-state index in [4.69, 9.17) is 0 Å². The van der Waals surface area contributed by atoms with Crippen LogP contribution in [0.5, 0.6) is 0 Å². The van der Waals surface area contributed by atoms with Crippen LogP contribution in [-0.2, 0) is 4.79 Å². The summed E-state index contributed by atoms with van der Waals surface area (Å²) < 4.78 is 0. The van der Waals surface area contributed by atoms with Gasteiger partial charge in [-0.15, -0.1) is 0 Å². The first-order valence-corrected chi connectivity index (χ1v) is 14.6. The number of benzene rings is 3. The second-order valence-corrected chi connectivity index (χ2v) is 10.1. The summed E-state index contributed by atoms with van der Waals surface area (Å²) in [6.07, 6.45) is 21.8. The van der Waals surface area contributed by atoms with Crippen molar-refractivity contribution in [2.45, 2.75) is 77.6 Å². The molecule has 0 heterocycles. The van der Waals surface area contributed by atoms with Gasteiger partial charge in [-0.05, 0) is 47.3 Å². The molecule has 3 aromatic carbocycles. The third kappa shape index (κ3) is 11.3. The number of hydrogen-bond donors (Lipinski definition) is 0. The molecule has 3 aromatic rings. The molecule has 1 heteroatoms. The van der Waals surface area contributed by atoms with Crippen molar-refractivity contribution < 1.29 is 4.79 Å². The summed E-state index contributed by atoms with van der Waals surface area (Å²) in [5.74, 6) is 0.0481. The van der Waals surface area contributed by atoms with Crippen molar-refractivity contribution in [1.82, 2.24) is 0 Å². The number of carbonyl (C=O) groups is 1. The fourth-order valence-corrected chi connectivity index (χ4v) is 4.70. The molecule has 0 aliphatic heterocycles. The van der Waals surface area contributed by atoms with E-state index < -0.39 is 0 Å². The molecule has 38 heavy (non-hydrogen) atoms. The summed E-state index contributed by atoms with van der Waals surface area (Å²) in [5.41, 5.74) is 5.10. The molecule has 0 amide bonds. The van der Waals surface area contributed by atoms with Gasteiger partial charge in [-0.2, -0.15) is 0 Å². The fraction of sp³-hybridized carbons (Fsp3) is 0.324. The van der Waals surface area contributed by atoms with Gasteiger partial charge in [0.05, 0.1) is 0 Å². The zero-order chi connectivity index (χ0) is 26.7. The quantitative estimate of drug-likeness (QED) is 0.101. The standard InChI is InChI=1S/C37H44O/c1-2-3-4-5-6-7-8-9-10-20-27-35(30-33-23-16-12-17-24-33)36(31-34-25-18-13-19-26-34)37(38)29-28-32-21-14-11-15-22-32/h11-19,21-26,28-31H,2-10,20,27H2,1H3. The molecule has 0 saturated heterocycles. The van der Waals surface area contributed by atoms with E-state index in [0.29, 0.717) is 0 Å². The second-order valence-electron chi connectivity index (χ2n) is 10.1. The Kier molecular flexibility index (Phi) is 13.7. The summed E-state index contributed by atoms with van der Waals surface area (Å²) in [6.45, 7) is 2.27. The van der Waals surface area contributed by atoms with Crippen molar-refractivity contribution in [3.63, 3.8) is 0 Å². The van der Waals surface area contributed by atoms with E-state index in [9.17, 15) is 4.79 Å². The van der Waals surface area contributed by atoms with E-state index in [1.165, 1.54) is 57.8 Å². The Morgan fingerprint density at radius 2 is 1.00 bits per heavy atom. The molecule has 1 nitrogen and oxygen atoms in total. The maximum Gasteiger partial charge on any atom is 0.186 e. The maximum absolute atomic E-state index is 13.6. The monoisotopic (exact) mass is 504 g/mol. The molecular formula is C37H44O. The lowest BCUT2D eigenvalue weighted by atomic mass is 9.92. The number of allylic oxidation sites excluding steroid dienone is 3. The molecule has 0 radical (unpaired) electrons. The topological polar surface area (TPSA) is 17.1 Å². The minimum Gasteiger partial charge on any atom is -0.289 e. The van der Waals surface area contributed by atoms with Crippen LogP contribution >= 0.6 is 0 Å². The van der Waals surface area contributed by atoms with Gasteiger partial charge < -0.3 is 0 Å². The lowest BCUT2D eigenvalue weighted by molar-refractivity contribution is -0.111. The van der Waals surface area contributed by atoms with Gasteiger partial charge in [0, 0.05) is 5.57 Å². The van der Waals surface area contributed by atoms with Crippen LogP contribution in [0.25, 0.3) is 18.2 Å². The summed E-state index contributed by atoms with van der Waals surface area (Å²) in [5, 5.41) is 0. The molecule has 0 atom stereocenters. The average Bonchev–Trinajstić information content (AvgIpc) is 2.96. The van der Waals surface area contributed by atoms with Crippen molar-refractivity contribution >= 4 is 24.0 Å². The van der Waals surface area contributed by atoms with E-state index >= 15 is 0 Å². The summed E-state index contributed by atoms with van der Waals surface area (Å²) >= 11 is 0. The maximum atomic E-state index is 13.6. The fourth-order valence-electron chi connectivity index (χ4n) is 4.70. The van der Waals surface area contributed by atoms with Crippen LogP contribution < -0.4 is 0 Å². The van der Waals surface area contributed by atoms with Gasteiger partial charge in [0.1, 0.15) is 0 Å². The Hall–Kier alpha value is -3.45. The molecule has 0 fully saturated rings. The van der Waals surface area contributed by atoms with E-state index in [1.54, 1.807) is 6.08 Å². The molecule has 0 unspecified atom stereocenters. The van der Waals surface area contributed by atoms with Crippen LogP contribution in [0.1, 0.15) is 94.2 Å². The van der Waals surface area contributed by atoms with Gasteiger partial charge >= 0.3 is 0 Å². The number of carbonyl (C=O) groups excluding carboxylic acids is 1. The first-order valence-electron chi connectivity index (χ1n) is 14.6. The average molecular weight is 505 g/mol. The van der Waals surface area contributed by atoms with E-state index in [0.717, 1.165) is 40.7 Å². The van der Waals surface area contributed by atoms with Crippen molar-refractivity contribution in [1.29, 1.82) is 0 Å². The van der Waals surface area contributed by atoms with Crippen molar-refractivity contribution in [2.24, 2.45) is 0 Å². The predicted molar refractivity (Wildman–Crippen MR) is 166 cm³/mol. The molecular weight excluding hydrogens is 460 g/mol. The van der Waals surface area contributed by atoms with Crippen LogP contribution in [0, 0.1) is 0 Å². The lowest BCUT2D eigenvalue weighted by Crippen LogP contribution is -2.03. The molecule has 0 spiro atoms. The minimum absolute atomic E-state index is 0.0481. The number of unbranched alkanes of at least 4 members (excludes halogenated alkanes) is 9. The van der Waals surface area contributed by atoms with Crippen molar-refractivity contribution in [3.8, 4) is 0 Å². The lowest BCUT2D eigenvalue weighted by Gasteiger charge is -2.12. The third-order valence-electron chi connectivity index (χ3n) is 6.89. The number of ketones is 1. The van der Waals surface area contributed by atoms with E-state index in [-0.39, 0.29) is 5.78 Å².